The summed E-state index contributed by atoms with van der Waals surface area (Å²) in [6.07, 6.45) is 4.93. The van der Waals surface area contributed by atoms with Gasteiger partial charge in [0.15, 0.2) is 5.81 Å². The Balaban J connectivity index is 0.000000169. The molecule has 2 radical (unpaired) electrons. The molecule has 16 rings (SSSR count). The van der Waals surface area contributed by atoms with E-state index < -0.39 is 60.5 Å². The van der Waals surface area contributed by atoms with Crippen LogP contribution in [-0.4, -0.2) is 67.6 Å². The van der Waals surface area contributed by atoms with Gasteiger partial charge in [-0.3, -0.25) is 39.8 Å². The van der Waals surface area contributed by atoms with E-state index in [0.717, 1.165) is 5.69 Å². The van der Waals surface area contributed by atoms with Gasteiger partial charge in [0.1, 0.15) is 11.7 Å². The summed E-state index contributed by atoms with van der Waals surface area (Å²) in [5, 5.41) is 57.2. The Hall–Kier alpha value is -11.4. The zero-order valence-electron chi connectivity index (χ0n) is 63.3. The number of halogens is 1. The van der Waals surface area contributed by atoms with Crippen molar-refractivity contribution >= 4 is 151 Å². The summed E-state index contributed by atoms with van der Waals surface area (Å²) in [6, 6.07) is 138. The first kappa shape index (κ1) is 90.1. The van der Waals surface area contributed by atoms with Gasteiger partial charge in [-0.2, -0.15) is 0 Å². The van der Waals surface area contributed by atoms with Crippen LogP contribution in [0.5, 0.6) is 0 Å². The summed E-state index contributed by atoms with van der Waals surface area (Å²) in [5.41, 5.74) is 1.79. The number of aromatic nitrogens is 3. The standard InChI is InChI=1S/4C18H15P.C9H8BN3O2.C6H6N2O2.C5H3ClN2O2.CH5BO2.Pd/c4*1-4-10-16(11-5-1)19(17-12-6-2-7-13-17)18-14-8-3-9-15-18;10-9(15)13-7-4-6-5(12-8(7)14)2-1-3-11-6;1-5-6(8(9)10)3-2-4-7-5;6-5-4(8(9)10)2-1-3-7-5;1-2(3)4;/h4*1-15H;1-3,7H,4H2,(H,12,14)(H,13,15);2-4H,1H3;1-3H;3-4H,1H3;. The number of pyridine rings is 3. The van der Waals surface area contributed by atoms with Crippen molar-refractivity contribution < 1.29 is 49.9 Å². The number of benzene rings is 12. The van der Waals surface area contributed by atoms with Crippen LogP contribution in [0.2, 0.25) is 12.0 Å². The van der Waals surface area contributed by atoms with Crippen LogP contribution in [0.25, 0.3) is 0 Å². The van der Waals surface area contributed by atoms with Crippen LogP contribution in [0.1, 0.15) is 11.4 Å². The molecule has 2 amide bonds. The van der Waals surface area contributed by atoms with Crippen molar-refractivity contribution in [1.29, 1.82) is 0 Å². The molecular formula is C93H82B2ClN7O8P4Pd. The normalized spacial score (nSPS) is 11.2. The number of aryl methyl sites for hydroxylation is 1. The van der Waals surface area contributed by atoms with E-state index >= 15 is 0 Å². The van der Waals surface area contributed by atoms with Crippen molar-refractivity contribution in [2.24, 2.45) is 0 Å². The summed E-state index contributed by atoms with van der Waals surface area (Å²) in [6.45, 7) is 2.89. The predicted octanol–water partition coefficient (Wildman–Crippen LogP) is 15.6. The minimum atomic E-state index is -1.17. The number of fused-ring (bicyclic) bond motifs is 1. The molecule has 0 fully saturated rings. The van der Waals surface area contributed by atoms with Crippen LogP contribution in [0.4, 0.5) is 21.9 Å². The molecule has 580 valence electrons. The van der Waals surface area contributed by atoms with Crippen LogP contribution >= 0.6 is 43.3 Å². The molecule has 116 heavy (non-hydrogen) atoms. The van der Waals surface area contributed by atoms with E-state index in [2.05, 4.69) is 390 Å². The van der Waals surface area contributed by atoms with Gasteiger partial charge in [0.25, 0.3) is 5.69 Å². The Morgan fingerprint density at radius 1 is 0.397 bits per heavy atom. The molecule has 0 spiro atoms. The third-order valence-electron chi connectivity index (χ3n) is 16.5. The quantitative estimate of drug-likeness (QED) is 0.0248. The van der Waals surface area contributed by atoms with Gasteiger partial charge < -0.3 is 20.7 Å². The van der Waals surface area contributed by atoms with Gasteiger partial charge in [-0.05, 0) is 133 Å². The van der Waals surface area contributed by atoms with Gasteiger partial charge >= 0.3 is 12.8 Å². The number of carbonyl (C=O) groups is 2. The summed E-state index contributed by atoms with van der Waals surface area (Å²) >= 11 is 5.37. The number of amides is 2. The van der Waals surface area contributed by atoms with Gasteiger partial charge in [-0.15, -0.1) is 0 Å². The van der Waals surface area contributed by atoms with Crippen LogP contribution in [0.15, 0.2) is 419 Å². The fourth-order valence-electron chi connectivity index (χ4n) is 11.4. The van der Waals surface area contributed by atoms with Crippen molar-refractivity contribution in [3.63, 3.8) is 0 Å². The van der Waals surface area contributed by atoms with Crippen LogP contribution in [0.3, 0.4) is 0 Å². The Labute approximate surface area is 703 Å². The van der Waals surface area contributed by atoms with Crippen LogP contribution < -0.4 is 74.3 Å². The molecule has 1 aliphatic rings. The minimum absolute atomic E-state index is 0. The molecule has 15 nitrogen and oxygen atoms in total. The van der Waals surface area contributed by atoms with Crippen molar-refractivity contribution in [3.05, 3.63) is 456 Å². The first-order valence-corrected chi connectivity index (χ1v) is 42.2. The maximum atomic E-state index is 11.5. The van der Waals surface area contributed by atoms with E-state index in [1.807, 2.05) is 0 Å². The van der Waals surface area contributed by atoms with Gasteiger partial charge in [-0.1, -0.05) is 376 Å². The smallest absolute Gasteiger partial charge is 0.427 e. The molecule has 0 saturated carbocycles. The molecule has 0 aliphatic carbocycles. The number of hydrogen-bond donors (Lipinski definition) is 4. The average molecular weight is 1710 g/mol. The van der Waals surface area contributed by atoms with E-state index in [9.17, 15) is 29.8 Å². The van der Waals surface area contributed by atoms with E-state index in [0.29, 0.717) is 17.8 Å². The Kier molecular flexibility index (Phi) is 38.9. The first-order valence-electron chi connectivity index (χ1n) is 36.4. The second-order valence-corrected chi connectivity index (χ2v) is 33.9. The number of anilines is 1. The van der Waals surface area contributed by atoms with Crippen LogP contribution in [0, 0.1) is 27.2 Å². The van der Waals surface area contributed by atoms with Gasteiger partial charge in [0.2, 0.25) is 18.9 Å². The molecule has 3 aromatic heterocycles. The third kappa shape index (κ3) is 29.4. The SMILES string of the molecule is CB(O)O.Cc1ncccc1[N+](=O)[O-].O=[N+]([O-])c1cccnc1Cl.[B]C(=O)NC1Cc2ncccc2NC1=O.[Pd].c1ccc(P(c2ccccc2)c2ccccc2)cc1.c1ccc(P(c2ccccc2)c2ccccc2)cc1.c1ccc(P(c2ccccc2)c2ccccc2)cc1.c1ccc(P(c2ccccc2)c2ccccc2)cc1. The zero-order chi connectivity index (χ0) is 81.2. The number of hydrogen-bond acceptors (Lipinski definition) is 11. The maximum Gasteiger partial charge on any atom is 0.448 e. The van der Waals surface area contributed by atoms with Gasteiger partial charge in [-0.25, -0.2) is 4.98 Å². The van der Waals surface area contributed by atoms with Crippen molar-refractivity contribution in [3.8, 4) is 0 Å². The molecule has 12 aromatic carbocycles. The molecule has 1 atom stereocenters. The second-order valence-electron chi connectivity index (χ2n) is 24.7. The van der Waals surface area contributed by atoms with Crippen molar-refractivity contribution in [2.75, 3.05) is 5.32 Å². The molecule has 15 aromatic rings. The molecule has 1 aliphatic heterocycles. The largest absolute Gasteiger partial charge is 0.448 e. The minimum Gasteiger partial charge on any atom is -0.427 e. The topological polar surface area (TPSA) is 224 Å². The third-order valence-corrected chi connectivity index (χ3v) is 26.5. The summed E-state index contributed by atoms with van der Waals surface area (Å²) in [4.78, 5) is 52.8. The first-order chi connectivity index (χ1) is 56.1. The summed E-state index contributed by atoms with van der Waals surface area (Å²) in [5.74, 6) is -0.983. The fraction of sp³-hybridized carbons (Fsp3) is 0.0430. The molecule has 4 heterocycles. The van der Waals surface area contributed by atoms with E-state index in [4.69, 9.17) is 29.5 Å². The van der Waals surface area contributed by atoms with E-state index in [1.165, 1.54) is 101 Å². The van der Waals surface area contributed by atoms with E-state index in [1.54, 1.807) is 31.3 Å². The summed E-state index contributed by atoms with van der Waals surface area (Å²) in [7, 11) is 2.00. The second kappa shape index (κ2) is 50.0. The number of rotatable bonds is 15. The van der Waals surface area contributed by atoms with E-state index in [-0.39, 0.29) is 42.9 Å². The molecular weight excluding hydrogens is 1630 g/mol. The Morgan fingerprint density at radius 3 is 0.810 bits per heavy atom. The van der Waals surface area contributed by atoms with Crippen molar-refractivity contribution in [2.45, 2.75) is 26.2 Å². The average Bonchev–Trinajstić information content (AvgIpc) is 0.830. The molecule has 23 heteroatoms. The van der Waals surface area contributed by atoms with Gasteiger partial charge in [0.05, 0.1) is 21.2 Å². The van der Waals surface area contributed by atoms with Gasteiger partial charge in [0, 0.05) is 57.6 Å². The monoisotopic (exact) mass is 1710 g/mol. The van der Waals surface area contributed by atoms with Crippen LogP contribution in [-0.2, 0) is 31.6 Å². The fourth-order valence-corrected chi connectivity index (χ4v) is 20.8. The molecule has 0 bridgehead atoms. The molecule has 4 N–H and O–H groups in total. The maximum absolute atomic E-state index is 11.5. The van der Waals surface area contributed by atoms with Crippen molar-refractivity contribution in [1.82, 2.24) is 20.3 Å². The Bertz CT molecular complexity index is 4440. The predicted molar refractivity (Wildman–Crippen MR) is 483 cm³/mol. The zero-order valence-corrected chi connectivity index (χ0v) is 69.2. The molecule has 0 saturated heterocycles. The number of nitro groups is 2. The summed E-state index contributed by atoms with van der Waals surface area (Å²) < 4.78 is 0. The molecule has 1 unspecified atom stereocenters. The Morgan fingerprint density at radius 2 is 0.612 bits per heavy atom. The number of nitrogens with zero attached hydrogens (tertiary/aromatic N) is 5. The number of carbonyl (C=O) groups excluding carboxylic acids is 2. The number of nitrogens with one attached hydrogen (secondary N) is 2.